The number of halogens is 1. The lowest BCUT2D eigenvalue weighted by Crippen LogP contribution is -2.49. The number of nitrogens with zero attached hydrogens (tertiary/aromatic N) is 2. The van der Waals surface area contributed by atoms with E-state index in [1.807, 2.05) is 19.1 Å². The summed E-state index contributed by atoms with van der Waals surface area (Å²) in [6, 6.07) is 10.7. The van der Waals surface area contributed by atoms with Crippen molar-refractivity contribution in [2.45, 2.75) is 19.4 Å². The van der Waals surface area contributed by atoms with E-state index in [9.17, 15) is 14.3 Å². The van der Waals surface area contributed by atoms with Gasteiger partial charge in [-0.15, -0.1) is 0 Å². The van der Waals surface area contributed by atoms with Crippen molar-refractivity contribution in [1.29, 1.82) is 0 Å². The van der Waals surface area contributed by atoms with E-state index in [0.717, 1.165) is 22.4 Å². The van der Waals surface area contributed by atoms with E-state index in [-0.39, 0.29) is 11.9 Å². The Morgan fingerprint density at radius 1 is 1.12 bits per heavy atom. The molecule has 6 heteroatoms. The Labute approximate surface area is 151 Å². The molecule has 26 heavy (non-hydrogen) atoms. The number of carbonyl (C=O) groups is 1. The fourth-order valence-electron chi connectivity index (χ4n) is 3.83. The van der Waals surface area contributed by atoms with Crippen molar-refractivity contribution in [3.05, 3.63) is 58.9 Å². The van der Waals surface area contributed by atoms with Gasteiger partial charge in [0.05, 0.1) is 0 Å². The minimum atomic E-state index is -0.888. The van der Waals surface area contributed by atoms with Gasteiger partial charge in [0.25, 0.3) is 0 Å². The monoisotopic (exact) mass is 356 g/mol. The highest BCUT2D eigenvalue weighted by atomic mass is 19.1. The number of ether oxygens (including phenoxy) is 1. The molecule has 2 aromatic carbocycles. The van der Waals surface area contributed by atoms with E-state index >= 15 is 0 Å². The predicted octanol–water partition coefficient (Wildman–Crippen LogP) is 3.82. The summed E-state index contributed by atoms with van der Waals surface area (Å²) in [4.78, 5) is 14.8. The molecular formula is C20H21FN2O3. The summed E-state index contributed by atoms with van der Waals surface area (Å²) in [7, 11) is 0. The molecule has 2 aromatic rings. The maximum absolute atomic E-state index is 14.0. The highest BCUT2D eigenvalue weighted by molar-refractivity contribution is 5.65. The molecule has 2 aliphatic heterocycles. The van der Waals surface area contributed by atoms with Crippen LogP contribution >= 0.6 is 0 Å². The molecule has 2 heterocycles. The van der Waals surface area contributed by atoms with E-state index in [4.69, 9.17) is 4.74 Å². The SMILES string of the molecule is Cc1ccc2c(c1)CC(N1CCN(C(=O)O)CC1)c1cc(F)ccc1O2. The van der Waals surface area contributed by atoms with Gasteiger partial charge in [-0.2, -0.15) is 0 Å². The van der Waals surface area contributed by atoms with Crippen LogP contribution < -0.4 is 4.74 Å². The quantitative estimate of drug-likeness (QED) is 0.844. The van der Waals surface area contributed by atoms with Crippen molar-refractivity contribution in [3.63, 3.8) is 0 Å². The van der Waals surface area contributed by atoms with Crippen LogP contribution in [-0.2, 0) is 6.42 Å². The second-order valence-corrected chi connectivity index (χ2v) is 6.92. The van der Waals surface area contributed by atoms with Gasteiger partial charge in [0, 0.05) is 37.8 Å². The van der Waals surface area contributed by atoms with Crippen molar-refractivity contribution >= 4 is 6.09 Å². The van der Waals surface area contributed by atoms with Crippen molar-refractivity contribution in [2.24, 2.45) is 0 Å². The molecule has 0 spiro atoms. The number of fused-ring (bicyclic) bond motifs is 2. The van der Waals surface area contributed by atoms with Gasteiger partial charge in [0.2, 0.25) is 0 Å². The average Bonchev–Trinajstić information content (AvgIpc) is 2.78. The first kappa shape index (κ1) is 16.8. The Balaban J connectivity index is 1.70. The molecule has 0 aromatic heterocycles. The van der Waals surface area contributed by atoms with Gasteiger partial charge < -0.3 is 14.7 Å². The molecular weight excluding hydrogens is 335 g/mol. The Hall–Kier alpha value is -2.60. The van der Waals surface area contributed by atoms with Crippen molar-refractivity contribution < 1.29 is 19.0 Å². The Morgan fingerprint density at radius 2 is 1.85 bits per heavy atom. The fraction of sp³-hybridized carbons (Fsp3) is 0.350. The number of aryl methyl sites for hydroxylation is 1. The van der Waals surface area contributed by atoms with Crippen LogP contribution in [0.1, 0.15) is 22.7 Å². The van der Waals surface area contributed by atoms with E-state index < -0.39 is 6.09 Å². The van der Waals surface area contributed by atoms with Crippen LogP contribution in [0.3, 0.4) is 0 Å². The van der Waals surface area contributed by atoms with Gasteiger partial charge >= 0.3 is 6.09 Å². The number of hydrogen-bond donors (Lipinski definition) is 1. The van der Waals surface area contributed by atoms with Gasteiger partial charge in [0.1, 0.15) is 17.3 Å². The Kier molecular flexibility index (Phi) is 4.28. The van der Waals surface area contributed by atoms with Gasteiger partial charge in [-0.05, 0) is 43.2 Å². The average molecular weight is 356 g/mol. The molecule has 0 bridgehead atoms. The van der Waals surface area contributed by atoms with Gasteiger partial charge in [-0.25, -0.2) is 9.18 Å². The standard InChI is InChI=1S/C20H21FN2O3/c1-13-2-4-18-14(10-13)11-17(16-12-15(21)3-5-19(16)26-18)22-6-8-23(9-7-22)20(24)25/h2-5,10,12,17H,6-9,11H2,1H3,(H,24,25). The van der Waals surface area contributed by atoms with Crippen LogP contribution in [0.25, 0.3) is 0 Å². The molecule has 136 valence electrons. The summed E-state index contributed by atoms with van der Waals surface area (Å²) in [6.07, 6.45) is -0.179. The predicted molar refractivity (Wildman–Crippen MR) is 95.3 cm³/mol. The van der Waals surface area contributed by atoms with Crippen LogP contribution in [-0.4, -0.2) is 47.2 Å². The molecule has 1 saturated heterocycles. The molecule has 5 nitrogen and oxygen atoms in total. The van der Waals surface area contributed by atoms with Crippen molar-refractivity contribution in [3.8, 4) is 11.5 Å². The number of benzene rings is 2. The number of hydrogen-bond acceptors (Lipinski definition) is 3. The zero-order valence-electron chi connectivity index (χ0n) is 14.6. The number of amides is 1. The van der Waals surface area contributed by atoms with Gasteiger partial charge in [-0.3, -0.25) is 4.90 Å². The molecule has 1 atom stereocenters. The van der Waals surface area contributed by atoms with Crippen LogP contribution in [0.15, 0.2) is 36.4 Å². The molecule has 1 amide bonds. The van der Waals surface area contributed by atoms with E-state index in [2.05, 4.69) is 11.0 Å². The van der Waals surface area contributed by atoms with Crippen LogP contribution in [0.4, 0.5) is 9.18 Å². The molecule has 1 fully saturated rings. The van der Waals surface area contributed by atoms with Crippen LogP contribution in [0.2, 0.25) is 0 Å². The lowest BCUT2D eigenvalue weighted by atomic mass is 9.96. The third-order valence-corrected chi connectivity index (χ3v) is 5.21. The van der Waals surface area contributed by atoms with E-state index in [0.29, 0.717) is 38.3 Å². The summed E-state index contributed by atoms with van der Waals surface area (Å²) in [5.74, 6) is 1.18. The third-order valence-electron chi connectivity index (χ3n) is 5.21. The Morgan fingerprint density at radius 3 is 2.58 bits per heavy atom. The molecule has 1 unspecified atom stereocenters. The second kappa shape index (κ2) is 6.61. The zero-order chi connectivity index (χ0) is 18.3. The van der Waals surface area contributed by atoms with Crippen LogP contribution in [0, 0.1) is 12.7 Å². The number of rotatable bonds is 1. The minimum Gasteiger partial charge on any atom is -0.465 e. The van der Waals surface area contributed by atoms with Gasteiger partial charge in [-0.1, -0.05) is 17.7 Å². The zero-order valence-corrected chi connectivity index (χ0v) is 14.6. The van der Waals surface area contributed by atoms with E-state index in [1.54, 1.807) is 12.1 Å². The van der Waals surface area contributed by atoms with Crippen LogP contribution in [0.5, 0.6) is 11.5 Å². The smallest absolute Gasteiger partial charge is 0.407 e. The lowest BCUT2D eigenvalue weighted by molar-refractivity contribution is 0.0845. The topological polar surface area (TPSA) is 53.0 Å². The van der Waals surface area contributed by atoms with Crippen molar-refractivity contribution in [1.82, 2.24) is 9.80 Å². The molecule has 2 aliphatic rings. The van der Waals surface area contributed by atoms with Gasteiger partial charge in [0.15, 0.2) is 0 Å². The first-order chi connectivity index (χ1) is 12.5. The first-order valence-corrected chi connectivity index (χ1v) is 8.80. The molecule has 0 aliphatic carbocycles. The summed E-state index contributed by atoms with van der Waals surface area (Å²) in [6.45, 7) is 4.19. The maximum atomic E-state index is 14.0. The highest BCUT2D eigenvalue weighted by Crippen LogP contribution is 2.41. The van der Waals surface area contributed by atoms with E-state index in [1.165, 1.54) is 11.0 Å². The fourth-order valence-corrected chi connectivity index (χ4v) is 3.83. The largest absolute Gasteiger partial charge is 0.465 e. The molecule has 0 radical (unpaired) electrons. The summed E-state index contributed by atoms with van der Waals surface area (Å²) in [5, 5.41) is 9.17. The molecule has 1 N–H and O–H groups in total. The molecule has 4 rings (SSSR count). The third kappa shape index (κ3) is 3.12. The summed E-state index contributed by atoms with van der Waals surface area (Å²) in [5.41, 5.74) is 3.06. The second-order valence-electron chi connectivity index (χ2n) is 6.92. The lowest BCUT2D eigenvalue weighted by Gasteiger charge is -2.38. The number of carboxylic acid groups (broad SMARTS) is 1. The summed E-state index contributed by atoms with van der Waals surface area (Å²) >= 11 is 0. The summed E-state index contributed by atoms with van der Waals surface area (Å²) < 4.78 is 20.1. The normalized spacial score (nSPS) is 19.9. The Bertz CT molecular complexity index is 847. The molecule has 0 saturated carbocycles. The van der Waals surface area contributed by atoms with Crippen molar-refractivity contribution in [2.75, 3.05) is 26.2 Å². The highest BCUT2D eigenvalue weighted by Gasteiger charge is 2.31. The first-order valence-electron chi connectivity index (χ1n) is 8.80. The maximum Gasteiger partial charge on any atom is 0.407 e. The minimum absolute atomic E-state index is 0.0419. The number of piperazine rings is 1.